The van der Waals surface area contributed by atoms with Crippen molar-refractivity contribution < 1.29 is 14.4 Å². The first kappa shape index (κ1) is 16.4. The third-order valence-corrected chi connectivity index (χ3v) is 4.74. The Balaban J connectivity index is 1.70. The maximum Gasteiger partial charge on any atom is 0.262 e. The quantitative estimate of drug-likeness (QED) is 0.759. The molecule has 0 N–H and O–H groups in total. The number of rotatable bonds is 4. The molecule has 0 saturated heterocycles. The van der Waals surface area contributed by atoms with Gasteiger partial charge in [0.05, 0.1) is 11.1 Å². The number of imide groups is 1. The molecule has 0 atom stereocenters. The van der Waals surface area contributed by atoms with E-state index in [0.29, 0.717) is 17.7 Å². The van der Waals surface area contributed by atoms with Crippen molar-refractivity contribution in [2.24, 2.45) is 0 Å². The number of benzene rings is 2. The molecule has 1 aliphatic rings. The van der Waals surface area contributed by atoms with Crippen molar-refractivity contribution in [1.82, 2.24) is 9.80 Å². The van der Waals surface area contributed by atoms with Crippen LogP contribution in [0.5, 0.6) is 0 Å². The standard InChI is InChI=1S/C18H15BrN2O3/c1-20(10-12-6-2-5-9-15(12)19)16(22)11-21-17(23)13-7-3-4-8-14(13)18(21)24/h2-9H,10-11H2,1H3. The van der Waals surface area contributed by atoms with E-state index >= 15 is 0 Å². The molecule has 1 heterocycles. The first-order chi connectivity index (χ1) is 11.5. The summed E-state index contributed by atoms with van der Waals surface area (Å²) in [4.78, 5) is 39.5. The molecule has 0 aliphatic carbocycles. The highest BCUT2D eigenvalue weighted by Crippen LogP contribution is 2.22. The third-order valence-electron chi connectivity index (χ3n) is 3.96. The zero-order chi connectivity index (χ0) is 17.3. The SMILES string of the molecule is CN(Cc1ccccc1Br)C(=O)CN1C(=O)c2ccccc2C1=O. The van der Waals surface area contributed by atoms with E-state index in [-0.39, 0.29) is 12.5 Å². The molecule has 0 unspecified atom stereocenters. The van der Waals surface area contributed by atoms with Crippen molar-refractivity contribution in [1.29, 1.82) is 0 Å². The van der Waals surface area contributed by atoms with Gasteiger partial charge in [0.15, 0.2) is 0 Å². The first-order valence-corrected chi connectivity index (χ1v) is 8.21. The van der Waals surface area contributed by atoms with Crippen LogP contribution in [0.2, 0.25) is 0 Å². The van der Waals surface area contributed by atoms with E-state index in [9.17, 15) is 14.4 Å². The summed E-state index contributed by atoms with van der Waals surface area (Å²) in [6.45, 7) is 0.136. The van der Waals surface area contributed by atoms with Crippen LogP contribution >= 0.6 is 15.9 Å². The van der Waals surface area contributed by atoms with Crippen molar-refractivity contribution in [3.63, 3.8) is 0 Å². The van der Waals surface area contributed by atoms with Gasteiger partial charge >= 0.3 is 0 Å². The number of hydrogen-bond acceptors (Lipinski definition) is 3. The van der Waals surface area contributed by atoms with E-state index in [4.69, 9.17) is 0 Å². The first-order valence-electron chi connectivity index (χ1n) is 7.41. The van der Waals surface area contributed by atoms with Gasteiger partial charge in [-0.2, -0.15) is 0 Å². The Morgan fingerprint density at radius 2 is 1.54 bits per heavy atom. The van der Waals surface area contributed by atoms with Gasteiger partial charge < -0.3 is 4.90 Å². The average molecular weight is 387 g/mol. The summed E-state index contributed by atoms with van der Waals surface area (Å²) in [5, 5.41) is 0. The molecular formula is C18H15BrN2O3. The summed E-state index contributed by atoms with van der Waals surface area (Å²) in [5.74, 6) is -1.13. The van der Waals surface area contributed by atoms with Crippen LogP contribution in [-0.4, -0.2) is 41.1 Å². The lowest BCUT2D eigenvalue weighted by molar-refractivity contribution is -0.130. The Morgan fingerprint density at radius 3 is 2.12 bits per heavy atom. The van der Waals surface area contributed by atoms with Crippen LogP contribution in [0, 0.1) is 0 Å². The third kappa shape index (κ3) is 2.97. The van der Waals surface area contributed by atoms with E-state index in [0.717, 1.165) is 14.9 Å². The number of carbonyl (C=O) groups excluding carboxylic acids is 3. The zero-order valence-electron chi connectivity index (χ0n) is 13.0. The second kappa shape index (κ2) is 6.57. The number of amides is 3. The van der Waals surface area contributed by atoms with Crippen molar-refractivity contribution in [2.45, 2.75) is 6.54 Å². The minimum Gasteiger partial charge on any atom is -0.340 e. The van der Waals surface area contributed by atoms with E-state index in [1.807, 2.05) is 24.3 Å². The van der Waals surface area contributed by atoms with Gasteiger partial charge in [0, 0.05) is 18.1 Å². The van der Waals surface area contributed by atoms with E-state index in [1.54, 1.807) is 31.3 Å². The van der Waals surface area contributed by atoms with Crippen molar-refractivity contribution in [3.8, 4) is 0 Å². The summed E-state index contributed by atoms with van der Waals surface area (Å²) in [6.07, 6.45) is 0. The van der Waals surface area contributed by atoms with Crippen LogP contribution in [-0.2, 0) is 11.3 Å². The lowest BCUT2D eigenvalue weighted by Gasteiger charge is -2.21. The van der Waals surface area contributed by atoms with Gasteiger partial charge in [0.1, 0.15) is 6.54 Å². The normalized spacial score (nSPS) is 13.2. The fourth-order valence-electron chi connectivity index (χ4n) is 2.61. The van der Waals surface area contributed by atoms with E-state index in [1.165, 1.54) is 4.90 Å². The van der Waals surface area contributed by atoms with Crippen LogP contribution < -0.4 is 0 Å². The molecule has 1 aliphatic heterocycles. The molecule has 0 bridgehead atoms. The fourth-order valence-corrected chi connectivity index (χ4v) is 3.02. The van der Waals surface area contributed by atoms with Crippen LogP contribution in [0.3, 0.4) is 0 Å². The second-order valence-corrected chi connectivity index (χ2v) is 6.44. The molecule has 122 valence electrons. The Bertz CT molecular complexity index is 800. The molecule has 0 radical (unpaired) electrons. The molecule has 2 aromatic rings. The van der Waals surface area contributed by atoms with Gasteiger partial charge in [-0.05, 0) is 23.8 Å². The van der Waals surface area contributed by atoms with Crippen molar-refractivity contribution in [2.75, 3.05) is 13.6 Å². The smallest absolute Gasteiger partial charge is 0.262 e. The zero-order valence-corrected chi connectivity index (χ0v) is 14.6. The lowest BCUT2D eigenvalue weighted by Crippen LogP contribution is -2.41. The summed E-state index contributed by atoms with van der Waals surface area (Å²) in [7, 11) is 1.65. The number of nitrogens with zero attached hydrogens (tertiary/aromatic N) is 2. The number of fused-ring (bicyclic) bond motifs is 1. The van der Waals surface area contributed by atoms with Gasteiger partial charge in [-0.1, -0.05) is 46.3 Å². The van der Waals surface area contributed by atoms with E-state index in [2.05, 4.69) is 15.9 Å². The molecule has 0 fully saturated rings. The number of likely N-dealkylation sites (N-methyl/N-ethyl adjacent to an activating group) is 1. The molecule has 5 nitrogen and oxygen atoms in total. The van der Waals surface area contributed by atoms with Gasteiger partial charge in [-0.25, -0.2) is 0 Å². The largest absolute Gasteiger partial charge is 0.340 e. The minimum absolute atomic E-state index is 0.257. The van der Waals surface area contributed by atoms with Crippen LogP contribution in [0.1, 0.15) is 26.3 Å². The van der Waals surface area contributed by atoms with Crippen LogP contribution in [0.15, 0.2) is 53.0 Å². The molecule has 6 heteroatoms. The van der Waals surface area contributed by atoms with Gasteiger partial charge in [-0.3, -0.25) is 19.3 Å². The van der Waals surface area contributed by atoms with Crippen molar-refractivity contribution >= 4 is 33.7 Å². The van der Waals surface area contributed by atoms with Gasteiger partial charge in [0.2, 0.25) is 5.91 Å². The van der Waals surface area contributed by atoms with E-state index < -0.39 is 11.8 Å². The van der Waals surface area contributed by atoms with Crippen molar-refractivity contribution in [3.05, 3.63) is 69.7 Å². The Morgan fingerprint density at radius 1 is 1.00 bits per heavy atom. The maximum absolute atomic E-state index is 12.4. The monoisotopic (exact) mass is 386 g/mol. The molecule has 3 amide bonds. The highest BCUT2D eigenvalue weighted by atomic mass is 79.9. The Kier molecular flexibility index (Phi) is 4.49. The molecule has 24 heavy (non-hydrogen) atoms. The molecular weight excluding hydrogens is 372 g/mol. The van der Waals surface area contributed by atoms with Crippen LogP contribution in [0.4, 0.5) is 0 Å². The Labute approximate surface area is 148 Å². The predicted molar refractivity (Wildman–Crippen MR) is 92.4 cm³/mol. The number of hydrogen-bond donors (Lipinski definition) is 0. The maximum atomic E-state index is 12.4. The summed E-state index contributed by atoms with van der Waals surface area (Å²) in [6, 6.07) is 14.2. The minimum atomic E-state index is -0.418. The molecule has 0 aromatic heterocycles. The number of halogens is 1. The average Bonchev–Trinajstić information content (AvgIpc) is 2.82. The summed E-state index contributed by atoms with van der Waals surface area (Å²) in [5.41, 5.74) is 1.66. The number of carbonyl (C=O) groups is 3. The highest BCUT2D eigenvalue weighted by molar-refractivity contribution is 9.10. The molecule has 2 aromatic carbocycles. The fraction of sp³-hybridized carbons (Fsp3) is 0.167. The molecule has 3 rings (SSSR count). The summed E-state index contributed by atoms with van der Waals surface area (Å²) < 4.78 is 0.908. The molecule has 0 saturated carbocycles. The second-order valence-electron chi connectivity index (χ2n) is 5.58. The van der Waals surface area contributed by atoms with Gasteiger partial charge in [0.25, 0.3) is 11.8 Å². The lowest BCUT2D eigenvalue weighted by atomic mass is 10.1. The van der Waals surface area contributed by atoms with Crippen LogP contribution in [0.25, 0.3) is 0 Å². The summed E-state index contributed by atoms with van der Waals surface area (Å²) >= 11 is 3.44. The highest BCUT2D eigenvalue weighted by Gasteiger charge is 2.36. The van der Waals surface area contributed by atoms with Gasteiger partial charge in [-0.15, -0.1) is 0 Å². The topological polar surface area (TPSA) is 57.7 Å². The molecule has 0 spiro atoms. The Hall–Kier alpha value is -2.47. The predicted octanol–water partition coefficient (Wildman–Crippen LogP) is 2.70.